The molecule has 0 aromatic heterocycles. The van der Waals surface area contributed by atoms with Gasteiger partial charge in [-0.15, -0.1) is 0 Å². The van der Waals surface area contributed by atoms with Gasteiger partial charge < -0.3 is 10.5 Å². The van der Waals surface area contributed by atoms with Crippen LogP contribution in [0, 0.1) is 0 Å². The van der Waals surface area contributed by atoms with Crippen LogP contribution < -0.4 is 5.73 Å². The first-order valence-electron chi connectivity index (χ1n) is 2.68. The quantitative estimate of drug-likeness (QED) is 0.469. The van der Waals surface area contributed by atoms with Crippen molar-refractivity contribution in [2.75, 3.05) is 6.61 Å². The van der Waals surface area contributed by atoms with Crippen LogP contribution in [0.3, 0.4) is 0 Å². The minimum Gasteiger partial charge on any atom is -0.363 e. The molecule has 2 N–H and O–H groups in total. The molecule has 1 saturated heterocycles. The van der Waals surface area contributed by atoms with Crippen molar-refractivity contribution >= 4 is 5.78 Å². The number of carbonyl (C=O) groups is 1. The number of ether oxygens (including phenoxy) is 1. The smallest absolute Gasteiger partial charge is 0.139 e. The number of nitrogens with two attached hydrogens (primary N) is 1. The van der Waals surface area contributed by atoms with Crippen molar-refractivity contribution in [2.45, 2.75) is 19.1 Å². The van der Waals surface area contributed by atoms with Crippen molar-refractivity contribution in [1.29, 1.82) is 0 Å². The predicted octanol–water partition coefficient (Wildman–Crippen LogP) is -0.349. The van der Waals surface area contributed by atoms with Gasteiger partial charge in [-0.05, 0) is 0 Å². The van der Waals surface area contributed by atoms with Crippen molar-refractivity contribution in [3.8, 4) is 0 Å². The maximum absolute atomic E-state index is 10.5. The van der Waals surface area contributed by atoms with Gasteiger partial charge in [0, 0.05) is 12.8 Å². The van der Waals surface area contributed by atoms with E-state index in [9.17, 15) is 4.79 Å². The lowest BCUT2D eigenvalue weighted by Crippen LogP contribution is -2.32. The topological polar surface area (TPSA) is 52.3 Å². The first-order valence-corrected chi connectivity index (χ1v) is 2.68. The summed E-state index contributed by atoms with van der Waals surface area (Å²) in [5.74, 6) is 0.212. The number of Topliss-reactive ketones (excluding diaryl/α,β-unsaturated/α-hetero) is 1. The van der Waals surface area contributed by atoms with E-state index < -0.39 is 0 Å². The summed E-state index contributed by atoms with van der Waals surface area (Å²) >= 11 is 0. The van der Waals surface area contributed by atoms with Gasteiger partial charge in [0.25, 0.3) is 0 Å². The standard InChI is InChI=1S/C5H9NO2/c6-5-3-4(7)1-2-8-5/h5H,1-3,6H2. The Morgan fingerprint density at radius 2 is 2.50 bits per heavy atom. The Morgan fingerprint density at radius 3 is 2.88 bits per heavy atom. The lowest BCUT2D eigenvalue weighted by Gasteiger charge is -2.16. The molecular weight excluding hydrogens is 106 g/mol. The van der Waals surface area contributed by atoms with Crippen LogP contribution in [-0.2, 0) is 9.53 Å². The predicted molar refractivity (Wildman–Crippen MR) is 28.2 cm³/mol. The zero-order chi connectivity index (χ0) is 5.98. The van der Waals surface area contributed by atoms with E-state index in [1.54, 1.807) is 0 Å². The molecule has 0 bridgehead atoms. The van der Waals surface area contributed by atoms with Crippen LogP contribution in [0.5, 0.6) is 0 Å². The molecule has 1 atom stereocenters. The van der Waals surface area contributed by atoms with Crippen LogP contribution in [0.25, 0.3) is 0 Å². The Labute approximate surface area is 47.8 Å². The zero-order valence-corrected chi connectivity index (χ0v) is 4.59. The van der Waals surface area contributed by atoms with E-state index in [-0.39, 0.29) is 12.0 Å². The molecule has 1 fully saturated rings. The SMILES string of the molecule is NC1CC(=O)CCO1. The molecule has 0 saturated carbocycles. The van der Waals surface area contributed by atoms with Gasteiger partial charge in [-0.3, -0.25) is 4.79 Å². The molecule has 0 aromatic rings. The molecular formula is C5H9NO2. The first-order chi connectivity index (χ1) is 3.79. The average molecular weight is 115 g/mol. The summed E-state index contributed by atoms with van der Waals surface area (Å²) in [5, 5.41) is 0. The van der Waals surface area contributed by atoms with Crippen LogP contribution in [0.1, 0.15) is 12.8 Å². The van der Waals surface area contributed by atoms with Crippen molar-refractivity contribution in [1.82, 2.24) is 0 Å². The Hall–Kier alpha value is -0.410. The average Bonchev–Trinajstić information content (AvgIpc) is 1.64. The molecule has 1 aliphatic heterocycles. The fourth-order valence-electron chi connectivity index (χ4n) is 0.710. The van der Waals surface area contributed by atoms with Gasteiger partial charge in [0.1, 0.15) is 12.0 Å². The van der Waals surface area contributed by atoms with E-state index in [4.69, 9.17) is 10.5 Å². The van der Waals surface area contributed by atoms with E-state index in [1.165, 1.54) is 0 Å². The highest BCUT2D eigenvalue weighted by Gasteiger charge is 2.14. The fraction of sp³-hybridized carbons (Fsp3) is 0.800. The van der Waals surface area contributed by atoms with Gasteiger partial charge in [0.05, 0.1) is 6.61 Å². The molecule has 3 nitrogen and oxygen atoms in total. The molecule has 8 heavy (non-hydrogen) atoms. The van der Waals surface area contributed by atoms with Gasteiger partial charge in [-0.1, -0.05) is 0 Å². The number of carbonyl (C=O) groups excluding carboxylic acids is 1. The minimum absolute atomic E-state index is 0.212. The van der Waals surface area contributed by atoms with Gasteiger partial charge in [0.15, 0.2) is 0 Å². The zero-order valence-electron chi connectivity index (χ0n) is 4.59. The molecule has 0 amide bonds. The van der Waals surface area contributed by atoms with Crippen LogP contribution in [0.4, 0.5) is 0 Å². The highest BCUT2D eigenvalue weighted by atomic mass is 16.5. The number of rotatable bonds is 0. The van der Waals surface area contributed by atoms with Crippen molar-refractivity contribution < 1.29 is 9.53 Å². The summed E-state index contributed by atoms with van der Waals surface area (Å²) < 4.78 is 4.91. The Kier molecular flexibility index (Phi) is 1.60. The van der Waals surface area contributed by atoms with E-state index >= 15 is 0 Å². The summed E-state index contributed by atoms with van der Waals surface area (Å²) in [5.41, 5.74) is 5.28. The second-order valence-corrected chi connectivity index (χ2v) is 1.90. The van der Waals surface area contributed by atoms with Crippen LogP contribution in [0.2, 0.25) is 0 Å². The van der Waals surface area contributed by atoms with Gasteiger partial charge in [0.2, 0.25) is 0 Å². The molecule has 0 aliphatic carbocycles. The largest absolute Gasteiger partial charge is 0.363 e. The van der Waals surface area contributed by atoms with Crippen molar-refractivity contribution in [3.05, 3.63) is 0 Å². The molecule has 1 unspecified atom stereocenters. The van der Waals surface area contributed by atoms with E-state index in [1.807, 2.05) is 0 Å². The van der Waals surface area contributed by atoms with Gasteiger partial charge >= 0.3 is 0 Å². The molecule has 0 aromatic carbocycles. The molecule has 3 heteroatoms. The summed E-state index contributed by atoms with van der Waals surface area (Å²) in [6.07, 6.45) is 0.587. The summed E-state index contributed by atoms with van der Waals surface area (Å²) in [7, 11) is 0. The van der Waals surface area contributed by atoms with E-state index in [2.05, 4.69) is 0 Å². The molecule has 46 valence electrons. The number of hydrogen-bond acceptors (Lipinski definition) is 3. The van der Waals surface area contributed by atoms with Crippen molar-refractivity contribution in [3.63, 3.8) is 0 Å². The second-order valence-electron chi connectivity index (χ2n) is 1.90. The highest BCUT2D eigenvalue weighted by molar-refractivity contribution is 5.79. The van der Waals surface area contributed by atoms with Crippen LogP contribution >= 0.6 is 0 Å². The minimum atomic E-state index is -0.337. The number of ketones is 1. The third kappa shape index (κ3) is 1.28. The van der Waals surface area contributed by atoms with Gasteiger partial charge in [-0.2, -0.15) is 0 Å². The third-order valence-corrected chi connectivity index (χ3v) is 1.14. The lowest BCUT2D eigenvalue weighted by atomic mass is 10.2. The molecule has 1 rings (SSSR count). The Bertz CT molecular complexity index is 103. The second kappa shape index (κ2) is 2.24. The summed E-state index contributed by atoms with van der Waals surface area (Å²) in [6.45, 7) is 0.500. The molecule has 0 radical (unpaired) electrons. The molecule has 1 aliphatic rings. The molecule has 0 spiro atoms. The van der Waals surface area contributed by atoms with Gasteiger partial charge in [-0.25, -0.2) is 0 Å². The highest BCUT2D eigenvalue weighted by Crippen LogP contribution is 2.03. The first kappa shape index (κ1) is 5.72. The van der Waals surface area contributed by atoms with E-state index in [0.717, 1.165) is 0 Å². The fourth-order valence-corrected chi connectivity index (χ4v) is 0.710. The van der Waals surface area contributed by atoms with E-state index in [0.29, 0.717) is 19.4 Å². The third-order valence-electron chi connectivity index (χ3n) is 1.14. The monoisotopic (exact) mass is 115 g/mol. The van der Waals surface area contributed by atoms with Crippen molar-refractivity contribution in [2.24, 2.45) is 5.73 Å². The number of hydrogen-bond donors (Lipinski definition) is 1. The molecule has 1 heterocycles. The maximum atomic E-state index is 10.5. The van der Waals surface area contributed by atoms with Crippen LogP contribution in [-0.4, -0.2) is 18.6 Å². The maximum Gasteiger partial charge on any atom is 0.139 e. The van der Waals surface area contributed by atoms with Crippen LogP contribution in [0.15, 0.2) is 0 Å². The lowest BCUT2D eigenvalue weighted by molar-refractivity contribution is -0.128. The Morgan fingerprint density at radius 1 is 1.75 bits per heavy atom. The normalized spacial score (nSPS) is 30.6. The Balaban J connectivity index is 2.34. The summed E-state index contributed by atoms with van der Waals surface area (Å²) in [6, 6.07) is 0. The summed E-state index contributed by atoms with van der Waals surface area (Å²) in [4.78, 5) is 10.5.